The molecule has 1 aliphatic rings. The third kappa shape index (κ3) is 4.24. The van der Waals surface area contributed by atoms with Gasteiger partial charge >= 0.3 is 18.0 Å². The number of urea groups is 1. The summed E-state index contributed by atoms with van der Waals surface area (Å²) in [4.78, 5) is 36.6. The highest BCUT2D eigenvalue weighted by atomic mass is 32.2. The number of nitrogens with zero attached hydrogens (tertiary/aromatic N) is 2. The van der Waals surface area contributed by atoms with Crippen LogP contribution in [0.4, 0.5) is 16.2 Å². The Morgan fingerprint density at radius 1 is 1.09 bits per heavy atom. The maximum absolute atomic E-state index is 13.4. The standard InChI is InChI=1S/C21H23N3O7S/c1-12-6-13(2)8-15(7-12)32(30,31)24(11-19(25)26)14-4-5-18-16(9-14)17(20(27)28)10-23(18)21(29)22-3/h4-9,17H,10-11H2,1-3H3,(H,22,29)(H,25,26)(H,27,28). The second-order valence-corrected chi connectivity index (χ2v) is 9.39. The second kappa shape index (κ2) is 8.50. The van der Waals surface area contributed by atoms with Gasteiger partial charge in [-0.25, -0.2) is 13.2 Å². The number of rotatable bonds is 6. The summed E-state index contributed by atoms with van der Waals surface area (Å²) in [6, 6.07) is 8.28. The molecular weight excluding hydrogens is 438 g/mol. The molecule has 0 spiro atoms. The molecule has 0 aromatic heterocycles. The van der Waals surface area contributed by atoms with Gasteiger partial charge in [0.1, 0.15) is 12.5 Å². The number of fused-ring (bicyclic) bond motifs is 1. The molecule has 1 unspecified atom stereocenters. The highest BCUT2D eigenvalue weighted by Crippen LogP contribution is 2.40. The Morgan fingerprint density at radius 2 is 1.72 bits per heavy atom. The van der Waals surface area contributed by atoms with Gasteiger partial charge in [0.25, 0.3) is 10.0 Å². The van der Waals surface area contributed by atoms with Crippen LogP contribution in [0.15, 0.2) is 41.3 Å². The lowest BCUT2D eigenvalue weighted by molar-refractivity contribution is -0.138. The molecule has 2 aromatic rings. The van der Waals surface area contributed by atoms with Crippen LogP contribution in [0, 0.1) is 13.8 Å². The first kappa shape index (κ1) is 23.1. The lowest BCUT2D eigenvalue weighted by Gasteiger charge is -2.24. The summed E-state index contributed by atoms with van der Waals surface area (Å²) < 4.78 is 27.5. The lowest BCUT2D eigenvalue weighted by atomic mass is 10.0. The van der Waals surface area contributed by atoms with Crippen LogP contribution in [0.2, 0.25) is 0 Å². The largest absolute Gasteiger partial charge is 0.481 e. The molecule has 2 aromatic carbocycles. The van der Waals surface area contributed by atoms with E-state index in [1.165, 1.54) is 42.3 Å². The Hall–Kier alpha value is -3.60. The molecule has 1 heterocycles. The Labute approximate surface area is 185 Å². The summed E-state index contributed by atoms with van der Waals surface area (Å²) in [7, 11) is -2.86. The third-order valence-electron chi connectivity index (χ3n) is 5.15. The van der Waals surface area contributed by atoms with E-state index in [1.54, 1.807) is 19.9 Å². The summed E-state index contributed by atoms with van der Waals surface area (Å²) in [6.45, 7) is 2.48. The Bertz CT molecular complexity index is 1190. The fourth-order valence-electron chi connectivity index (χ4n) is 3.79. The fourth-order valence-corrected chi connectivity index (χ4v) is 5.38. The molecule has 10 nitrogen and oxygen atoms in total. The molecule has 32 heavy (non-hydrogen) atoms. The van der Waals surface area contributed by atoms with Gasteiger partial charge < -0.3 is 15.5 Å². The predicted octanol–water partition coefficient (Wildman–Crippen LogP) is 1.91. The molecular formula is C21H23N3O7S. The van der Waals surface area contributed by atoms with Crippen LogP contribution in [0.1, 0.15) is 22.6 Å². The number of aliphatic carboxylic acids is 2. The summed E-state index contributed by atoms with van der Waals surface area (Å²) >= 11 is 0. The van der Waals surface area contributed by atoms with Crippen LogP contribution in [0.25, 0.3) is 0 Å². The van der Waals surface area contributed by atoms with E-state index in [-0.39, 0.29) is 22.7 Å². The van der Waals surface area contributed by atoms with Crippen molar-refractivity contribution >= 4 is 39.4 Å². The van der Waals surface area contributed by atoms with Crippen LogP contribution in [0.5, 0.6) is 0 Å². The minimum atomic E-state index is -4.27. The zero-order chi connectivity index (χ0) is 23.8. The highest BCUT2D eigenvalue weighted by molar-refractivity contribution is 7.92. The second-order valence-electron chi connectivity index (χ2n) is 7.53. The van der Waals surface area contributed by atoms with Crippen molar-refractivity contribution < 1.29 is 33.0 Å². The van der Waals surface area contributed by atoms with E-state index in [4.69, 9.17) is 0 Å². The number of benzene rings is 2. The zero-order valence-corrected chi connectivity index (χ0v) is 18.5. The van der Waals surface area contributed by atoms with Gasteiger partial charge in [-0.3, -0.25) is 18.8 Å². The lowest BCUT2D eigenvalue weighted by Crippen LogP contribution is -2.38. The first-order valence-electron chi connectivity index (χ1n) is 9.64. The van der Waals surface area contributed by atoms with E-state index in [2.05, 4.69) is 5.32 Å². The van der Waals surface area contributed by atoms with Crippen molar-refractivity contribution in [1.29, 1.82) is 0 Å². The molecule has 0 aliphatic carbocycles. The van der Waals surface area contributed by atoms with Crippen molar-refractivity contribution in [2.24, 2.45) is 0 Å². The van der Waals surface area contributed by atoms with Crippen LogP contribution in [-0.4, -0.2) is 56.7 Å². The molecule has 0 saturated heterocycles. The summed E-state index contributed by atoms with van der Waals surface area (Å²) in [5, 5.41) is 21.4. The molecule has 0 bridgehead atoms. The van der Waals surface area contributed by atoms with Gasteiger partial charge in [-0.1, -0.05) is 6.07 Å². The molecule has 0 radical (unpaired) electrons. The molecule has 11 heteroatoms. The monoisotopic (exact) mass is 461 g/mol. The number of carbonyl (C=O) groups is 3. The Balaban J connectivity index is 2.16. The molecule has 1 aliphatic heterocycles. The molecule has 2 amide bonds. The van der Waals surface area contributed by atoms with Gasteiger partial charge in [-0.05, 0) is 60.9 Å². The van der Waals surface area contributed by atoms with E-state index < -0.39 is 40.5 Å². The number of nitrogens with one attached hydrogen (secondary N) is 1. The van der Waals surface area contributed by atoms with Gasteiger partial charge in [0.05, 0.1) is 10.6 Å². The summed E-state index contributed by atoms with van der Waals surface area (Å²) in [6.07, 6.45) is 0. The van der Waals surface area contributed by atoms with Crippen LogP contribution >= 0.6 is 0 Å². The maximum atomic E-state index is 13.4. The number of carboxylic acid groups (broad SMARTS) is 2. The Morgan fingerprint density at radius 3 is 2.25 bits per heavy atom. The average molecular weight is 461 g/mol. The molecule has 0 saturated carbocycles. The van der Waals surface area contributed by atoms with E-state index >= 15 is 0 Å². The third-order valence-corrected chi connectivity index (χ3v) is 6.90. The Kier molecular flexibility index (Phi) is 6.13. The summed E-state index contributed by atoms with van der Waals surface area (Å²) in [5.41, 5.74) is 1.93. The van der Waals surface area contributed by atoms with Crippen molar-refractivity contribution in [2.45, 2.75) is 24.7 Å². The molecule has 3 rings (SSSR count). The fraction of sp³-hybridized carbons (Fsp3) is 0.286. The van der Waals surface area contributed by atoms with Crippen molar-refractivity contribution in [2.75, 3.05) is 29.3 Å². The SMILES string of the molecule is CNC(=O)N1CC(C(=O)O)c2cc(N(CC(=O)O)S(=O)(=O)c3cc(C)cc(C)c3)ccc21. The van der Waals surface area contributed by atoms with Crippen LogP contribution in [-0.2, 0) is 19.6 Å². The van der Waals surface area contributed by atoms with Crippen molar-refractivity contribution in [3.63, 3.8) is 0 Å². The number of hydrogen-bond donors (Lipinski definition) is 3. The van der Waals surface area contributed by atoms with E-state index in [9.17, 15) is 33.0 Å². The highest BCUT2D eigenvalue weighted by Gasteiger charge is 2.38. The van der Waals surface area contributed by atoms with Crippen molar-refractivity contribution in [3.8, 4) is 0 Å². The predicted molar refractivity (Wildman–Crippen MR) is 117 cm³/mol. The van der Waals surface area contributed by atoms with E-state index in [0.29, 0.717) is 16.8 Å². The van der Waals surface area contributed by atoms with Gasteiger partial charge in [-0.2, -0.15) is 0 Å². The summed E-state index contributed by atoms with van der Waals surface area (Å²) in [5.74, 6) is -3.64. The zero-order valence-electron chi connectivity index (χ0n) is 17.7. The topological polar surface area (TPSA) is 144 Å². The number of carbonyl (C=O) groups excluding carboxylic acids is 1. The molecule has 0 fully saturated rings. The van der Waals surface area contributed by atoms with Crippen molar-refractivity contribution in [1.82, 2.24) is 5.32 Å². The van der Waals surface area contributed by atoms with Crippen LogP contribution in [0.3, 0.4) is 0 Å². The molecule has 3 N–H and O–H groups in total. The smallest absolute Gasteiger partial charge is 0.324 e. The quantitative estimate of drug-likeness (QED) is 0.596. The normalized spacial score (nSPS) is 15.2. The number of amides is 2. The average Bonchev–Trinajstić information content (AvgIpc) is 3.09. The maximum Gasteiger partial charge on any atom is 0.324 e. The minimum Gasteiger partial charge on any atom is -0.481 e. The number of sulfonamides is 1. The first-order chi connectivity index (χ1) is 14.9. The number of carboxylic acids is 2. The number of aryl methyl sites for hydroxylation is 2. The van der Waals surface area contributed by atoms with Crippen molar-refractivity contribution in [3.05, 3.63) is 53.1 Å². The van der Waals surface area contributed by atoms with E-state index in [0.717, 1.165) is 4.31 Å². The molecule has 1 atom stereocenters. The van der Waals surface area contributed by atoms with E-state index in [1.807, 2.05) is 0 Å². The number of hydrogen-bond acceptors (Lipinski definition) is 5. The minimum absolute atomic E-state index is 0.00434. The van der Waals surface area contributed by atoms with Gasteiger partial charge in [0.15, 0.2) is 0 Å². The first-order valence-corrected chi connectivity index (χ1v) is 11.1. The van der Waals surface area contributed by atoms with Gasteiger partial charge in [0.2, 0.25) is 0 Å². The van der Waals surface area contributed by atoms with Crippen LogP contribution < -0.4 is 14.5 Å². The van der Waals surface area contributed by atoms with Gasteiger partial charge in [0, 0.05) is 19.3 Å². The van der Waals surface area contributed by atoms with Gasteiger partial charge in [-0.15, -0.1) is 0 Å². The molecule has 170 valence electrons. The number of anilines is 2.